The first-order valence-electron chi connectivity index (χ1n) is 6.88. The highest BCUT2D eigenvalue weighted by atomic mass is 19.3. The summed E-state index contributed by atoms with van der Waals surface area (Å²) >= 11 is 0. The Bertz CT molecular complexity index is 569. The van der Waals surface area contributed by atoms with Crippen LogP contribution in [-0.4, -0.2) is 33.4 Å². The lowest BCUT2D eigenvalue weighted by Gasteiger charge is -2.22. The fourth-order valence-electron chi connectivity index (χ4n) is 2.50. The zero-order chi connectivity index (χ0) is 16.1. The van der Waals surface area contributed by atoms with E-state index in [1.54, 1.807) is 18.2 Å². The van der Waals surface area contributed by atoms with Crippen molar-refractivity contribution in [2.75, 3.05) is 21.0 Å². The molecule has 22 heavy (non-hydrogen) atoms. The number of carbonyl (C=O) groups is 1. The quantitative estimate of drug-likeness (QED) is 0.598. The Balaban J connectivity index is 2.25. The van der Waals surface area contributed by atoms with E-state index in [1.807, 2.05) is 6.07 Å². The van der Waals surface area contributed by atoms with Crippen molar-refractivity contribution in [3.05, 3.63) is 34.9 Å². The van der Waals surface area contributed by atoms with Crippen LogP contribution >= 0.6 is 0 Å². The molecule has 0 aliphatic heterocycles. The summed E-state index contributed by atoms with van der Waals surface area (Å²) in [6.45, 7) is 0.148. The minimum atomic E-state index is -2.77. The highest BCUT2D eigenvalue weighted by Gasteiger charge is 2.34. The van der Waals surface area contributed by atoms with Crippen LogP contribution in [0.3, 0.4) is 0 Å². The lowest BCUT2D eigenvalue weighted by atomic mass is 9.85. The summed E-state index contributed by atoms with van der Waals surface area (Å²) in [4.78, 5) is 11.6. The molecule has 4 nitrogen and oxygen atoms in total. The van der Waals surface area contributed by atoms with Gasteiger partial charge >= 0.3 is 5.97 Å². The number of benzene rings is 1. The first kappa shape index (κ1) is 16.4. The third-order valence-corrected chi connectivity index (χ3v) is 3.59. The molecular formula is C16H18F2O4. The second-order valence-electron chi connectivity index (χ2n) is 4.97. The first-order valence-corrected chi connectivity index (χ1v) is 6.88. The molecule has 6 heteroatoms. The van der Waals surface area contributed by atoms with Gasteiger partial charge in [-0.3, -0.25) is 4.79 Å². The van der Waals surface area contributed by atoms with Crippen molar-refractivity contribution < 1.29 is 27.8 Å². The van der Waals surface area contributed by atoms with Gasteiger partial charge in [-0.25, -0.2) is 8.78 Å². The van der Waals surface area contributed by atoms with Crippen molar-refractivity contribution in [1.82, 2.24) is 0 Å². The molecule has 1 unspecified atom stereocenters. The zero-order valence-electron chi connectivity index (χ0n) is 12.5. The highest BCUT2D eigenvalue weighted by molar-refractivity contribution is 5.79. The molecule has 0 N–H and O–H groups in total. The maximum Gasteiger partial charge on any atom is 0.318 e. The van der Waals surface area contributed by atoms with Gasteiger partial charge in [0.15, 0.2) is 6.79 Å². The molecule has 1 aliphatic rings. The maximum absolute atomic E-state index is 13.1. The molecule has 0 spiro atoms. The molecule has 1 atom stereocenters. The van der Waals surface area contributed by atoms with Crippen LogP contribution in [0.1, 0.15) is 17.5 Å². The number of methoxy groups -OCH3 is 2. The minimum absolute atomic E-state index is 0.148. The average molecular weight is 312 g/mol. The van der Waals surface area contributed by atoms with E-state index in [1.165, 1.54) is 7.11 Å². The fraction of sp³-hybridized carbons (Fsp3) is 0.438. The fourth-order valence-corrected chi connectivity index (χ4v) is 2.50. The number of alkyl halides is 2. The summed E-state index contributed by atoms with van der Waals surface area (Å²) in [5.74, 6) is -1.73. The number of hydrogen-bond acceptors (Lipinski definition) is 4. The van der Waals surface area contributed by atoms with E-state index in [4.69, 9.17) is 9.47 Å². The van der Waals surface area contributed by atoms with Crippen LogP contribution in [-0.2, 0) is 20.7 Å². The standard InChI is InChI=1S/C16H18F2O4/c1-20-9-22-13-6-5-10-7-12(4-3-11(10)8-13)14(15(17)18)16(19)21-2/h5-8,14-15H,3-4,9H2,1-2H3. The van der Waals surface area contributed by atoms with Gasteiger partial charge in [0, 0.05) is 7.11 Å². The van der Waals surface area contributed by atoms with E-state index in [9.17, 15) is 13.6 Å². The van der Waals surface area contributed by atoms with E-state index in [-0.39, 0.29) is 6.79 Å². The Labute approximate surface area is 127 Å². The van der Waals surface area contributed by atoms with Gasteiger partial charge in [0.05, 0.1) is 7.11 Å². The molecule has 0 aromatic heterocycles. The van der Waals surface area contributed by atoms with E-state index in [0.29, 0.717) is 24.2 Å². The third-order valence-electron chi connectivity index (χ3n) is 3.59. The van der Waals surface area contributed by atoms with Crippen molar-refractivity contribution in [2.24, 2.45) is 5.92 Å². The molecule has 0 saturated carbocycles. The summed E-state index contributed by atoms with van der Waals surface area (Å²) in [5.41, 5.74) is 2.22. The highest BCUT2D eigenvalue weighted by Crippen LogP contribution is 2.33. The number of carbonyl (C=O) groups excluding carboxylic acids is 1. The van der Waals surface area contributed by atoms with Crippen LogP contribution in [0.2, 0.25) is 0 Å². The molecule has 0 bridgehead atoms. The monoisotopic (exact) mass is 312 g/mol. The molecule has 1 aromatic carbocycles. The smallest absolute Gasteiger partial charge is 0.318 e. The van der Waals surface area contributed by atoms with Crippen LogP contribution in [0.15, 0.2) is 23.8 Å². The van der Waals surface area contributed by atoms with Crippen LogP contribution in [0, 0.1) is 5.92 Å². The van der Waals surface area contributed by atoms with Gasteiger partial charge in [-0.1, -0.05) is 12.1 Å². The van der Waals surface area contributed by atoms with E-state index < -0.39 is 18.3 Å². The number of fused-ring (bicyclic) bond motifs is 1. The summed E-state index contributed by atoms with van der Waals surface area (Å²) in [5, 5.41) is 0. The molecule has 1 aliphatic carbocycles. The Morgan fingerprint density at radius 3 is 2.68 bits per heavy atom. The Kier molecular flexibility index (Phi) is 5.49. The van der Waals surface area contributed by atoms with Gasteiger partial charge in [0.25, 0.3) is 6.43 Å². The van der Waals surface area contributed by atoms with Gasteiger partial charge in [-0.05, 0) is 41.7 Å². The van der Waals surface area contributed by atoms with Gasteiger partial charge in [-0.2, -0.15) is 0 Å². The van der Waals surface area contributed by atoms with E-state index in [0.717, 1.165) is 18.2 Å². The number of hydrogen-bond donors (Lipinski definition) is 0. The van der Waals surface area contributed by atoms with Crippen LogP contribution in [0.4, 0.5) is 8.78 Å². The number of ether oxygens (including phenoxy) is 3. The largest absolute Gasteiger partial charge is 0.468 e. The van der Waals surface area contributed by atoms with Gasteiger partial charge in [0.2, 0.25) is 0 Å². The third kappa shape index (κ3) is 3.62. The summed E-state index contributed by atoms with van der Waals surface area (Å²) in [7, 11) is 2.65. The molecule has 1 aromatic rings. The van der Waals surface area contributed by atoms with Crippen molar-refractivity contribution in [3.8, 4) is 5.75 Å². The second kappa shape index (κ2) is 7.35. The molecule has 0 amide bonds. The van der Waals surface area contributed by atoms with Crippen LogP contribution in [0.25, 0.3) is 6.08 Å². The first-order chi connectivity index (χ1) is 10.6. The number of aryl methyl sites for hydroxylation is 1. The van der Waals surface area contributed by atoms with Gasteiger partial charge in [0.1, 0.15) is 11.7 Å². The zero-order valence-corrected chi connectivity index (χ0v) is 12.5. The number of halogens is 2. The summed E-state index contributed by atoms with van der Waals surface area (Å²) in [6.07, 6.45) is -0.159. The summed E-state index contributed by atoms with van der Waals surface area (Å²) in [6, 6.07) is 5.39. The Morgan fingerprint density at radius 1 is 1.27 bits per heavy atom. The lowest BCUT2D eigenvalue weighted by Crippen LogP contribution is -2.26. The predicted molar refractivity (Wildman–Crippen MR) is 76.8 cm³/mol. The molecule has 0 heterocycles. The van der Waals surface area contributed by atoms with Crippen molar-refractivity contribution in [3.63, 3.8) is 0 Å². The molecule has 0 fully saturated rings. The van der Waals surface area contributed by atoms with Gasteiger partial charge in [-0.15, -0.1) is 0 Å². The van der Waals surface area contributed by atoms with Crippen LogP contribution < -0.4 is 4.74 Å². The van der Waals surface area contributed by atoms with E-state index >= 15 is 0 Å². The SMILES string of the molecule is COCOc1ccc2c(c1)CCC(C(C(=O)OC)C(F)F)=C2. The van der Waals surface area contributed by atoms with E-state index in [2.05, 4.69) is 4.74 Å². The molecule has 2 rings (SSSR count). The van der Waals surface area contributed by atoms with Crippen molar-refractivity contribution >= 4 is 12.0 Å². The number of rotatable bonds is 6. The Hall–Kier alpha value is -1.95. The van der Waals surface area contributed by atoms with Gasteiger partial charge < -0.3 is 14.2 Å². The van der Waals surface area contributed by atoms with Crippen molar-refractivity contribution in [2.45, 2.75) is 19.3 Å². The molecule has 0 saturated heterocycles. The predicted octanol–water partition coefficient (Wildman–Crippen LogP) is 3.05. The lowest BCUT2D eigenvalue weighted by molar-refractivity contribution is -0.148. The molecule has 120 valence electrons. The topological polar surface area (TPSA) is 44.8 Å². The summed E-state index contributed by atoms with van der Waals surface area (Å²) < 4.78 is 40.9. The second-order valence-corrected chi connectivity index (χ2v) is 4.97. The van der Waals surface area contributed by atoms with Crippen LogP contribution in [0.5, 0.6) is 5.75 Å². The minimum Gasteiger partial charge on any atom is -0.468 e. The molecular weight excluding hydrogens is 294 g/mol. The number of esters is 1. The average Bonchev–Trinajstić information content (AvgIpc) is 2.52. The Morgan fingerprint density at radius 2 is 2.05 bits per heavy atom. The molecule has 0 radical (unpaired) electrons. The maximum atomic E-state index is 13.1. The van der Waals surface area contributed by atoms with Crippen molar-refractivity contribution in [1.29, 1.82) is 0 Å². The normalized spacial score (nSPS) is 15.0.